The first-order chi connectivity index (χ1) is 8.19. The molecule has 0 saturated heterocycles. The molecule has 0 atom stereocenters. The van der Waals surface area contributed by atoms with Gasteiger partial charge in [-0.1, -0.05) is 36.7 Å². The monoisotopic (exact) mass is 250 g/mol. The maximum absolute atomic E-state index is 12.0. The van der Waals surface area contributed by atoms with E-state index in [9.17, 15) is 4.79 Å². The van der Waals surface area contributed by atoms with E-state index >= 15 is 0 Å². The number of carbonyl (C=O) groups is 1. The first-order valence-electron chi connectivity index (χ1n) is 5.57. The molecular formula is C13H15ClN2O. The minimum atomic E-state index is -0.0542. The van der Waals surface area contributed by atoms with E-state index in [2.05, 4.69) is 0 Å². The molecule has 3 nitrogen and oxygen atoms in total. The van der Waals surface area contributed by atoms with Crippen molar-refractivity contribution in [2.75, 3.05) is 13.1 Å². The van der Waals surface area contributed by atoms with Gasteiger partial charge in [0, 0.05) is 11.6 Å². The average Bonchev–Trinajstić information content (AvgIpc) is 2.32. The summed E-state index contributed by atoms with van der Waals surface area (Å²) >= 11 is 5.99. The lowest BCUT2D eigenvalue weighted by atomic mass is 10.1. The Bertz CT molecular complexity index is 426. The highest BCUT2D eigenvalue weighted by molar-refractivity contribution is 6.31. The second-order valence-electron chi connectivity index (χ2n) is 3.74. The van der Waals surface area contributed by atoms with Gasteiger partial charge in [0.2, 0.25) is 5.91 Å². The van der Waals surface area contributed by atoms with E-state index in [0.29, 0.717) is 11.6 Å². The quantitative estimate of drug-likeness (QED) is 0.754. The lowest BCUT2D eigenvalue weighted by Gasteiger charge is -2.18. The minimum Gasteiger partial charge on any atom is -0.329 e. The highest BCUT2D eigenvalue weighted by atomic mass is 35.5. The van der Waals surface area contributed by atoms with Crippen LogP contribution in [0.2, 0.25) is 5.02 Å². The summed E-state index contributed by atoms with van der Waals surface area (Å²) in [4.78, 5) is 13.5. The lowest BCUT2D eigenvalue weighted by Crippen LogP contribution is -2.33. The summed E-state index contributed by atoms with van der Waals surface area (Å²) in [7, 11) is 0. The fraction of sp³-hybridized carbons (Fsp3) is 0.385. The molecule has 0 unspecified atom stereocenters. The molecule has 0 heterocycles. The number of nitriles is 1. The number of carbonyl (C=O) groups excluding carboxylic acids is 1. The van der Waals surface area contributed by atoms with Gasteiger partial charge in [-0.15, -0.1) is 0 Å². The maximum atomic E-state index is 12.0. The molecule has 0 N–H and O–H groups in total. The van der Waals surface area contributed by atoms with Crippen LogP contribution >= 0.6 is 11.6 Å². The van der Waals surface area contributed by atoms with Crippen LogP contribution in [0.5, 0.6) is 0 Å². The number of hydrogen-bond donors (Lipinski definition) is 0. The number of nitrogens with zero attached hydrogens (tertiary/aromatic N) is 2. The molecule has 0 aliphatic carbocycles. The number of amides is 1. The molecule has 0 spiro atoms. The molecule has 90 valence electrons. The molecular weight excluding hydrogens is 236 g/mol. The number of hydrogen-bond acceptors (Lipinski definition) is 2. The van der Waals surface area contributed by atoms with E-state index in [1.807, 2.05) is 31.2 Å². The van der Waals surface area contributed by atoms with Crippen LogP contribution in [-0.2, 0) is 11.2 Å². The number of halogens is 1. The van der Waals surface area contributed by atoms with Gasteiger partial charge >= 0.3 is 0 Å². The maximum Gasteiger partial charge on any atom is 0.227 e. The SMILES string of the molecule is CCCN(CC#N)C(=O)Cc1ccccc1Cl. The number of benzene rings is 1. The zero-order valence-corrected chi connectivity index (χ0v) is 10.6. The zero-order chi connectivity index (χ0) is 12.7. The van der Waals surface area contributed by atoms with E-state index < -0.39 is 0 Å². The Hall–Kier alpha value is -1.53. The van der Waals surface area contributed by atoms with Gasteiger partial charge in [0.1, 0.15) is 6.54 Å². The Labute approximate surface area is 107 Å². The van der Waals surface area contributed by atoms with Crippen LogP contribution < -0.4 is 0 Å². The zero-order valence-electron chi connectivity index (χ0n) is 9.82. The highest BCUT2D eigenvalue weighted by Crippen LogP contribution is 2.16. The molecule has 0 bridgehead atoms. The van der Waals surface area contributed by atoms with Gasteiger partial charge in [0.25, 0.3) is 0 Å². The molecule has 1 aromatic rings. The van der Waals surface area contributed by atoms with Gasteiger partial charge in [-0.3, -0.25) is 4.79 Å². The minimum absolute atomic E-state index is 0.0542. The van der Waals surface area contributed by atoms with Crippen molar-refractivity contribution in [3.63, 3.8) is 0 Å². The summed E-state index contributed by atoms with van der Waals surface area (Å²) in [6.07, 6.45) is 1.09. The highest BCUT2D eigenvalue weighted by Gasteiger charge is 2.13. The third-order valence-electron chi connectivity index (χ3n) is 2.41. The molecule has 1 rings (SSSR count). The van der Waals surface area contributed by atoms with Crippen molar-refractivity contribution in [3.05, 3.63) is 34.9 Å². The summed E-state index contributed by atoms with van der Waals surface area (Å²) in [5.74, 6) is -0.0542. The van der Waals surface area contributed by atoms with Crippen LogP contribution in [0.15, 0.2) is 24.3 Å². The predicted octanol–water partition coefficient (Wildman–Crippen LogP) is 2.64. The van der Waals surface area contributed by atoms with Gasteiger partial charge in [0.05, 0.1) is 12.5 Å². The number of rotatable bonds is 5. The topological polar surface area (TPSA) is 44.1 Å². The molecule has 0 aromatic heterocycles. The van der Waals surface area contributed by atoms with Crippen LogP contribution in [0.25, 0.3) is 0 Å². The smallest absolute Gasteiger partial charge is 0.227 e. The summed E-state index contributed by atoms with van der Waals surface area (Å²) in [6, 6.07) is 9.28. The van der Waals surface area contributed by atoms with Crippen molar-refractivity contribution in [1.29, 1.82) is 5.26 Å². The summed E-state index contributed by atoms with van der Waals surface area (Å²) < 4.78 is 0. The van der Waals surface area contributed by atoms with E-state index in [-0.39, 0.29) is 18.9 Å². The first-order valence-corrected chi connectivity index (χ1v) is 5.95. The van der Waals surface area contributed by atoms with E-state index in [1.54, 1.807) is 11.0 Å². The van der Waals surface area contributed by atoms with Crippen LogP contribution in [-0.4, -0.2) is 23.9 Å². The van der Waals surface area contributed by atoms with E-state index in [1.165, 1.54) is 0 Å². The van der Waals surface area contributed by atoms with Gasteiger partial charge in [-0.05, 0) is 18.1 Å². The second kappa shape index (κ2) is 6.93. The van der Waals surface area contributed by atoms with Crippen molar-refractivity contribution < 1.29 is 4.79 Å². The molecule has 0 fully saturated rings. The van der Waals surface area contributed by atoms with Gasteiger partial charge < -0.3 is 4.90 Å². The predicted molar refractivity (Wildman–Crippen MR) is 67.6 cm³/mol. The third-order valence-corrected chi connectivity index (χ3v) is 2.78. The molecule has 4 heteroatoms. The van der Waals surface area contributed by atoms with Crippen molar-refractivity contribution >= 4 is 17.5 Å². The van der Waals surface area contributed by atoms with Crippen molar-refractivity contribution in [2.24, 2.45) is 0 Å². The molecule has 0 aliphatic heterocycles. The van der Waals surface area contributed by atoms with Gasteiger partial charge in [0.15, 0.2) is 0 Å². The lowest BCUT2D eigenvalue weighted by molar-refractivity contribution is -0.129. The third kappa shape index (κ3) is 4.08. The van der Waals surface area contributed by atoms with Crippen LogP contribution in [0.4, 0.5) is 0 Å². The average molecular weight is 251 g/mol. The Morgan fingerprint density at radius 1 is 1.47 bits per heavy atom. The van der Waals surface area contributed by atoms with E-state index in [4.69, 9.17) is 16.9 Å². The normalized spacial score (nSPS) is 9.71. The fourth-order valence-corrected chi connectivity index (χ4v) is 1.77. The summed E-state index contributed by atoms with van der Waals surface area (Å²) in [5.41, 5.74) is 0.804. The largest absolute Gasteiger partial charge is 0.329 e. The van der Waals surface area contributed by atoms with E-state index in [0.717, 1.165) is 12.0 Å². The molecule has 0 radical (unpaired) electrons. The molecule has 1 aromatic carbocycles. The Morgan fingerprint density at radius 2 is 2.18 bits per heavy atom. The first kappa shape index (κ1) is 13.5. The summed E-state index contributed by atoms with van der Waals surface area (Å²) in [5, 5.41) is 9.25. The Morgan fingerprint density at radius 3 is 2.76 bits per heavy atom. The fourth-order valence-electron chi connectivity index (χ4n) is 1.56. The molecule has 17 heavy (non-hydrogen) atoms. The molecule has 1 amide bonds. The van der Waals surface area contributed by atoms with Crippen LogP contribution in [0, 0.1) is 11.3 Å². The summed E-state index contributed by atoms with van der Waals surface area (Å²) in [6.45, 7) is 2.72. The van der Waals surface area contributed by atoms with Gasteiger partial charge in [-0.2, -0.15) is 5.26 Å². The van der Waals surface area contributed by atoms with Crippen LogP contribution in [0.3, 0.4) is 0 Å². The molecule has 0 aliphatic rings. The molecule has 0 saturated carbocycles. The van der Waals surface area contributed by atoms with Gasteiger partial charge in [-0.25, -0.2) is 0 Å². The standard InChI is InChI=1S/C13H15ClN2O/c1-2-8-16(9-7-15)13(17)10-11-5-3-4-6-12(11)14/h3-6H,2,8-10H2,1H3. The van der Waals surface area contributed by atoms with Crippen molar-refractivity contribution in [3.8, 4) is 6.07 Å². The Balaban J connectivity index is 2.70. The van der Waals surface area contributed by atoms with Crippen molar-refractivity contribution in [2.45, 2.75) is 19.8 Å². The second-order valence-corrected chi connectivity index (χ2v) is 4.15. The van der Waals surface area contributed by atoms with Crippen molar-refractivity contribution in [1.82, 2.24) is 4.90 Å². The van der Waals surface area contributed by atoms with Crippen LogP contribution in [0.1, 0.15) is 18.9 Å². The Kier molecular flexibility index (Phi) is 5.51.